The van der Waals surface area contributed by atoms with Crippen molar-refractivity contribution in [2.75, 3.05) is 0 Å². The van der Waals surface area contributed by atoms with E-state index < -0.39 is 0 Å². The van der Waals surface area contributed by atoms with Crippen LogP contribution in [0.4, 0.5) is 0 Å². The van der Waals surface area contributed by atoms with Crippen molar-refractivity contribution in [1.29, 1.82) is 0 Å². The highest BCUT2D eigenvalue weighted by Gasteiger charge is 1.89. The molecule has 0 radical (unpaired) electrons. The Kier molecular flexibility index (Phi) is 4.75. The fourth-order valence-electron chi connectivity index (χ4n) is 1.49. The standard InChI is InChI=1S/C16H14S/c1-3-9-15(10-4-1)11-7-8-14-17-16-12-5-2-6-13-16/h1-6,9-10,12-13H,7,11H2. The monoisotopic (exact) mass is 238 g/mol. The van der Waals surface area contributed by atoms with E-state index in [1.165, 1.54) is 10.5 Å². The van der Waals surface area contributed by atoms with Gasteiger partial charge in [0.1, 0.15) is 0 Å². The second-order valence-corrected chi connectivity index (χ2v) is 4.56. The van der Waals surface area contributed by atoms with Crippen molar-refractivity contribution in [2.45, 2.75) is 17.7 Å². The Hall–Kier alpha value is -1.65. The molecule has 0 heterocycles. The van der Waals surface area contributed by atoms with Crippen molar-refractivity contribution in [3.8, 4) is 11.2 Å². The highest BCUT2D eigenvalue weighted by Crippen LogP contribution is 2.15. The highest BCUT2D eigenvalue weighted by molar-refractivity contribution is 8.03. The zero-order valence-electron chi connectivity index (χ0n) is 9.60. The van der Waals surface area contributed by atoms with E-state index in [0.29, 0.717) is 0 Å². The van der Waals surface area contributed by atoms with Gasteiger partial charge in [-0.1, -0.05) is 54.5 Å². The maximum absolute atomic E-state index is 3.20. The van der Waals surface area contributed by atoms with E-state index in [4.69, 9.17) is 0 Å². The van der Waals surface area contributed by atoms with E-state index in [0.717, 1.165) is 12.8 Å². The van der Waals surface area contributed by atoms with E-state index in [2.05, 4.69) is 47.6 Å². The van der Waals surface area contributed by atoms with Gasteiger partial charge in [-0.25, -0.2) is 0 Å². The zero-order chi connectivity index (χ0) is 11.8. The second-order valence-electron chi connectivity index (χ2n) is 3.68. The van der Waals surface area contributed by atoms with Crippen molar-refractivity contribution in [3.05, 3.63) is 66.2 Å². The maximum Gasteiger partial charge on any atom is 0.0203 e. The summed E-state index contributed by atoms with van der Waals surface area (Å²) in [6.07, 6.45) is 1.95. The molecule has 0 bridgehead atoms. The van der Waals surface area contributed by atoms with Crippen LogP contribution in [-0.4, -0.2) is 0 Å². The Morgan fingerprint density at radius 1 is 0.824 bits per heavy atom. The highest BCUT2D eigenvalue weighted by atomic mass is 32.2. The molecule has 0 N–H and O–H groups in total. The Labute approximate surface area is 107 Å². The van der Waals surface area contributed by atoms with Gasteiger partial charge in [0.25, 0.3) is 0 Å². The van der Waals surface area contributed by atoms with Gasteiger partial charge in [0, 0.05) is 11.3 Å². The van der Waals surface area contributed by atoms with Crippen LogP contribution in [0.5, 0.6) is 0 Å². The number of aryl methyl sites for hydroxylation is 1. The minimum absolute atomic E-state index is 0.920. The number of hydrogen-bond donors (Lipinski definition) is 0. The molecular weight excluding hydrogens is 224 g/mol. The van der Waals surface area contributed by atoms with E-state index in [1.54, 1.807) is 11.8 Å². The minimum atomic E-state index is 0.920. The molecule has 0 saturated heterocycles. The zero-order valence-corrected chi connectivity index (χ0v) is 10.4. The fourth-order valence-corrected chi connectivity index (χ4v) is 2.07. The smallest absolute Gasteiger partial charge is 0.0203 e. The topological polar surface area (TPSA) is 0 Å². The lowest BCUT2D eigenvalue weighted by molar-refractivity contribution is 1.03. The molecule has 2 aromatic carbocycles. The molecule has 0 aliphatic carbocycles. The summed E-state index contributed by atoms with van der Waals surface area (Å²) < 4.78 is 0. The Bertz CT molecular complexity index is 491. The van der Waals surface area contributed by atoms with Crippen LogP contribution in [-0.2, 0) is 6.42 Å². The average molecular weight is 238 g/mol. The Morgan fingerprint density at radius 3 is 2.18 bits per heavy atom. The minimum Gasteiger partial charge on any atom is -0.0906 e. The molecule has 84 valence electrons. The summed E-state index contributed by atoms with van der Waals surface area (Å²) in [5.74, 6) is 3.20. The van der Waals surface area contributed by atoms with Gasteiger partial charge >= 0.3 is 0 Å². The van der Waals surface area contributed by atoms with E-state index in [-0.39, 0.29) is 0 Å². The van der Waals surface area contributed by atoms with E-state index >= 15 is 0 Å². The third-order valence-electron chi connectivity index (χ3n) is 2.37. The van der Waals surface area contributed by atoms with Crippen molar-refractivity contribution in [1.82, 2.24) is 0 Å². The van der Waals surface area contributed by atoms with Crippen LogP contribution < -0.4 is 0 Å². The third-order valence-corrected chi connectivity index (χ3v) is 3.12. The van der Waals surface area contributed by atoms with Crippen LogP contribution in [0.2, 0.25) is 0 Å². The Morgan fingerprint density at radius 2 is 1.47 bits per heavy atom. The molecule has 0 spiro atoms. The summed E-state index contributed by atoms with van der Waals surface area (Å²) in [6, 6.07) is 20.7. The predicted octanol–water partition coefficient (Wildman–Crippen LogP) is 4.37. The molecule has 17 heavy (non-hydrogen) atoms. The molecule has 0 unspecified atom stereocenters. The van der Waals surface area contributed by atoms with Gasteiger partial charge in [-0.05, 0) is 41.1 Å². The van der Waals surface area contributed by atoms with Crippen molar-refractivity contribution in [3.63, 3.8) is 0 Å². The molecular formula is C16H14S. The quantitative estimate of drug-likeness (QED) is 0.565. The summed E-state index contributed by atoms with van der Waals surface area (Å²) in [6.45, 7) is 0. The molecule has 0 fully saturated rings. The van der Waals surface area contributed by atoms with Gasteiger partial charge in [-0.2, -0.15) is 0 Å². The lowest BCUT2D eigenvalue weighted by Gasteiger charge is -1.94. The molecule has 2 rings (SSSR count). The van der Waals surface area contributed by atoms with Crippen molar-refractivity contribution < 1.29 is 0 Å². The molecule has 0 amide bonds. The average Bonchev–Trinajstić information content (AvgIpc) is 2.41. The maximum atomic E-state index is 3.20. The summed E-state index contributed by atoms with van der Waals surface area (Å²) in [5.41, 5.74) is 1.35. The first-order valence-electron chi connectivity index (χ1n) is 5.69. The molecule has 0 aromatic heterocycles. The van der Waals surface area contributed by atoms with Gasteiger partial charge in [0.2, 0.25) is 0 Å². The first-order chi connectivity index (χ1) is 8.45. The summed E-state index contributed by atoms with van der Waals surface area (Å²) in [4.78, 5) is 1.21. The lowest BCUT2D eigenvalue weighted by Crippen LogP contribution is -1.81. The molecule has 0 aliphatic heterocycles. The summed E-state index contributed by atoms with van der Waals surface area (Å²) in [5, 5.41) is 3.14. The molecule has 1 heteroatoms. The lowest BCUT2D eigenvalue weighted by atomic mass is 10.1. The number of benzene rings is 2. The fraction of sp³-hybridized carbons (Fsp3) is 0.125. The second kappa shape index (κ2) is 6.83. The first-order valence-corrected chi connectivity index (χ1v) is 6.50. The Balaban J connectivity index is 1.76. The SMILES string of the molecule is C(#CSc1ccccc1)CCc1ccccc1. The van der Waals surface area contributed by atoms with Crippen LogP contribution in [0.1, 0.15) is 12.0 Å². The van der Waals surface area contributed by atoms with E-state index in [1.807, 2.05) is 24.3 Å². The number of rotatable bonds is 3. The molecule has 2 aromatic rings. The van der Waals surface area contributed by atoms with Crippen LogP contribution in [0.25, 0.3) is 0 Å². The predicted molar refractivity (Wildman–Crippen MR) is 74.8 cm³/mol. The summed E-state index contributed by atoms with van der Waals surface area (Å²) in [7, 11) is 0. The number of thioether (sulfide) groups is 1. The van der Waals surface area contributed by atoms with Crippen LogP contribution in [0, 0.1) is 11.2 Å². The van der Waals surface area contributed by atoms with Gasteiger partial charge in [0.05, 0.1) is 0 Å². The van der Waals surface area contributed by atoms with Crippen LogP contribution in [0.15, 0.2) is 65.6 Å². The third kappa shape index (κ3) is 4.38. The molecule has 0 atom stereocenters. The van der Waals surface area contributed by atoms with Gasteiger partial charge < -0.3 is 0 Å². The normalized spacial score (nSPS) is 9.41. The van der Waals surface area contributed by atoms with Crippen LogP contribution >= 0.6 is 11.8 Å². The largest absolute Gasteiger partial charge is 0.0906 e. The number of hydrogen-bond acceptors (Lipinski definition) is 1. The van der Waals surface area contributed by atoms with Gasteiger partial charge in [-0.3, -0.25) is 0 Å². The molecule has 0 aliphatic rings. The summed E-state index contributed by atoms with van der Waals surface area (Å²) >= 11 is 1.59. The van der Waals surface area contributed by atoms with Crippen molar-refractivity contribution in [2.24, 2.45) is 0 Å². The van der Waals surface area contributed by atoms with Crippen molar-refractivity contribution >= 4 is 11.8 Å². The molecule has 0 nitrogen and oxygen atoms in total. The first kappa shape index (κ1) is 11.8. The molecule has 0 saturated carbocycles. The van der Waals surface area contributed by atoms with E-state index in [9.17, 15) is 0 Å². The van der Waals surface area contributed by atoms with Crippen LogP contribution in [0.3, 0.4) is 0 Å². The van der Waals surface area contributed by atoms with Gasteiger partial charge in [0.15, 0.2) is 0 Å². The van der Waals surface area contributed by atoms with Gasteiger partial charge in [-0.15, -0.1) is 0 Å².